The molecule has 0 spiro atoms. The fourth-order valence-corrected chi connectivity index (χ4v) is 2.32. The van der Waals surface area contributed by atoms with E-state index in [1.54, 1.807) is 5.09 Å². The van der Waals surface area contributed by atoms with Crippen LogP contribution in [-0.2, 0) is 20.3 Å². The van der Waals surface area contributed by atoms with E-state index in [9.17, 15) is 13.9 Å². The largest absolute Gasteiger partial charge is 0.524 e. The molecule has 0 aliphatic carbocycles. The maximum Gasteiger partial charge on any atom is 0.524 e. The first-order chi connectivity index (χ1) is 9.09. The Kier molecular flexibility index (Phi) is 5.61. The van der Waals surface area contributed by atoms with Crippen LogP contribution < -0.4 is 9.61 Å². The molecule has 9 nitrogen and oxygen atoms in total. The summed E-state index contributed by atoms with van der Waals surface area (Å²) in [5.74, 6) is -0.0725. The van der Waals surface area contributed by atoms with Crippen molar-refractivity contribution < 1.29 is 38.0 Å². The third kappa shape index (κ3) is 6.93. The predicted molar refractivity (Wildman–Crippen MR) is 67.5 cm³/mol. The summed E-state index contributed by atoms with van der Waals surface area (Å²) in [7, 11) is -9.19. The van der Waals surface area contributed by atoms with Crippen LogP contribution in [0, 0.1) is 0 Å². The lowest BCUT2D eigenvalue weighted by molar-refractivity contribution is 0.283. The Morgan fingerprint density at radius 3 is 2.10 bits per heavy atom. The molecule has 111 valence electrons. The van der Waals surface area contributed by atoms with Gasteiger partial charge in [-0.3, -0.25) is 14.6 Å². The number of rotatable bonds is 7. The van der Waals surface area contributed by atoms with Gasteiger partial charge in [0.25, 0.3) is 0 Å². The van der Waals surface area contributed by atoms with Gasteiger partial charge in [-0.15, -0.1) is 0 Å². The molecule has 1 atom stereocenters. The van der Waals surface area contributed by atoms with Gasteiger partial charge in [0.1, 0.15) is 5.75 Å². The second-order valence-corrected chi connectivity index (χ2v) is 6.28. The SMILES string of the molecule is O=[C][C@H](Cc1ccc(OP(=O)(O)O)cc1)NP(=O)(O)O. The molecule has 0 heterocycles. The number of phosphoric acid groups is 1. The van der Waals surface area contributed by atoms with Gasteiger partial charge in [-0.05, 0) is 24.1 Å². The van der Waals surface area contributed by atoms with E-state index in [4.69, 9.17) is 19.6 Å². The highest BCUT2D eigenvalue weighted by Crippen LogP contribution is 2.37. The van der Waals surface area contributed by atoms with Crippen LogP contribution in [0.4, 0.5) is 0 Å². The lowest BCUT2D eigenvalue weighted by Crippen LogP contribution is -2.29. The van der Waals surface area contributed by atoms with Crippen molar-refractivity contribution in [2.75, 3.05) is 0 Å². The summed E-state index contributed by atoms with van der Waals surface area (Å²) in [5.41, 5.74) is 0.498. The van der Waals surface area contributed by atoms with Gasteiger partial charge in [0.15, 0.2) is 0 Å². The summed E-state index contributed by atoms with van der Waals surface area (Å²) in [6, 6.07) is 4.11. The highest BCUT2D eigenvalue weighted by molar-refractivity contribution is 7.49. The van der Waals surface area contributed by atoms with Crippen molar-refractivity contribution in [2.24, 2.45) is 0 Å². The number of nitrogens with one attached hydrogen (secondary N) is 1. The van der Waals surface area contributed by atoms with Crippen LogP contribution in [0.1, 0.15) is 5.56 Å². The number of hydrogen-bond acceptors (Lipinski definition) is 4. The molecule has 1 rings (SSSR count). The van der Waals surface area contributed by atoms with E-state index in [1.165, 1.54) is 30.6 Å². The van der Waals surface area contributed by atoms with E-state index in [0.717, 1.165) is 0 Å². The maximum absolute atomic E-state index is 10.7. The Morgan fingerprint density at radius 2 is 1.70 bits per heavy atom. The van der Waals surface area contributed by atoms with Crippen molar-refractivity contribution in [1.82, 2.24) is 5.09 Å². The highest BCUT2D eigenvalue weighted by Gasteiger charge is 2.21. The Balaban J connectivity index is 2.71. The van der Waals surface area contributed by atoms with Gasteiger partial charge < -0.3 is 14.3 Å². The first-order valence-electron chi connectivity index (χ1n) is 5.14. The average Bonchev–Trinajstić information content (AvgIpc) is 2.27. The summed E-state index contributed by atoms with van der Waals surface area (Å²) in [6.45, 7) is 0. The minimum absolute atomic E-state index is 0.0508. The van der Waals surface area contributed by atoms with Crippen molar-refractivity contribution in [3.8, 4) is 5.75 Å². The van der Waals surface area contributed by atoms with E-state index in [-0.39, 0.29) is 12.2 Å². The molecule has 1 aromatic rings. The van der Waals surface area contributed by atoms with Crippen LogP contribution in [0.3, 0.4) is 0 Å². The molecule has 0 unspecified atom stereocenters. The number of carbonyl (C=O) groups excluding carboxylic acids is 1. The molecule has 0 aliphatic heterocycles. The second kappa shape index (κ2) is 6.60. The van der Waals surface area contributed by atoms with Crippen LogP contribution in [0.5, 0.6) is 5.75 Å². The van der Waals surface area contributed by atoms with Crippen LogP contribution in [0.15, 0.2) is 24.3 Å². The molecule has 5 N–H and O–H groups in total. The van der Waals surface area contributed by atoms with Gasteiger partial charge in [0.05, 0.1) is 6.04 Å². The van der Waals surface area contributed by atoms with E-state index in [2.05, 4.69) is 4.52 Å². The van der Waals surface area contributed by atoms with Crippen molar-refractivity contribution in [3.05, 3.63) is 29.8 Å². The Labute approximate surface area is 114 Å². The Hall–Kier alpha value is -1.05. The molecule has 0 bridgehead atoms. The van der Waals surface area contributed by atoms with Gasteiger partial charge >= 0.3 is 15.6 Å². The van der Waals surface area contributed by atoms with Gasteiger partial charge in [-0.1, -0.05) is 12.1 Å². The third-order valence-corrected chi connectivity index (χ3v) is 3.15. The fraction of sp³-hybridized carbons (Fsp3) is 0.222. The predicted octanol–water partition coefficient (Wildman–Crippen LogP) is -0.139. The summed E-state index contributed by atoms with van der Waals surface area (Å²) in [4.78, 5) is 45.1. The Morgan fingerprint density at radius 1 is 1.15 bits per heavy atom. The van der Waals surface area contributed by atoms with E-state index in [1.807, 2.05) is 0 Å². The molecule has 0 amide bonds. The van der Waals surface area contributed by atoms with Gasteiger partial charge in [-0.25, -0.2) is 14.2 Å². The molecule has 11 heteroatoms. The van der Waals surface area contributed by atoms with Gasteiger partial charge in [0.2, 0.25) is 6.29 Å². The molecule has 20 heavy (non-hydrogen) atoms. The molecular formula is C9H12NO8P2. The number of hydrogen-bond donors (Lipinski definition) is 5. The molecule has 0 aromatic heterocycles. The van der Waals surface area contributed by atoms with Crippen LogP contribution in [0.2, 0.25) is 0 Å². The van der Waals surface area contributed by atoms with E-state index in [0.29, 0.717) is 5.56 Å². The van der Waals surface area contributed by atoms with Crippen LogP contribution >= 0.6 is 15.6 Å². The first kappa shape index (κ1) is 17.0. The molecule has 0 saturated carbocycles. The summed E-state index contributed by atoms with van der Waals surface area (Å²) in [5, 5.41) is 1.79. The zero-order valence-electron chi connectivity index (χ0n) is 9.91. The molecule has 0 fully saturated rings. The molecule has 0 saturated heterocycles. The molecular weight excluding hydrogens is 312 g/mol. The smallest absolute Gasteiger partial charge is 0.404 e. The summed E-state index contributed by atoms with van der Waals surface area (Å²) in [6.07, 6.45) is 1.40. The van der Waals surface area contributed by atoms with E-state index < -0.39 is 21.6 Å². The van der Waals surface area contributed by atoms with Crippen molar-refractivity contribution in [3.63, 3.8) is 0 Å². The number of benzene rings is 1. The van der Waals surface area contributed by atoms with Crippen molar-refractivity contribution in [1.29, 1.82) is 0 Å². The monoisotopic (exact) mass is 324 g/mol. The molecule has 1 radical (unpaired) electrons. The standard InChI is InChI=1S/C9H12NO8P2/c11-6-8(10-19(12,13)14)5-7-1-3-9(4-2-7)18-20(15,16)17/h1-4,8H,5H2,(H2,15,16,17)(H3,10,12,13,14)/t8-/m0/s1. The number of phosphoric ester groups is 1. The first-order valence-corrected chi connectivity index (χ1v) is 8.28. The van der Waals surface area contributed by atoms with E-state index >= 15 is 0 Å². The minimum Gasteiger partial charge on any atom is -0.404 e. The lowest BCUT2D eigenvalue weighted by atomic mass is 10.1. The maximum atomic E-state index is 10.7. The fourth-order valence-electron chi connectivity index (χ4n) is 1.38. The summed E-state index contributed by atoms with van der Waals surface area (Å²) < 4.78 is 25.6. The quantitative estimate of drug-likeness (QED) is 0.431. The second-order valence-electron chi connectivity index (χ2n) is 3.77. The van der Waals surface area contributed by atoms with Gasteiger partial charge in [0, 0.05) is 0 Å². The zero-order chi connectivity index (χ0) is 15.4. The topological polar surface area (TPSA) is 153 Å². The van der Waals surface area contributed by atoms with Gasteiger partial charge in [-0.2, -0.15) is 0 Å². The van der Waals surface area contributed by atoms with Crippen LogP contribution in [0.25, 0.3) is 0 Å². The van der Waals surface area contributed by atoms with Crippen molar-refractivity contribution in [2.45, 2.75) is 12.5 Å². The molecule has 1 aromatic carbocycles. The lowest BCUT2D eigenvalue weighted by Gasteiger charge is -2.13. The highest BCUT2D eigenvalue weighted by atomic mass is 31.2. The summed E-state index contributed by atoms with van der Waals surface area (Å²) >= 11 is 0. The average molecular weight is 324 g/mol. The molecule has 0 aliphatic rings. The van der Waals surface area contributed by atoms with Crippen LogP contribution in [-0.4, -0.2) is 31.9 Å². The Bertz CT molecular complexity index is 548. The normalized spacial score (nSPS) is 13.8. The van der Waals surface area contributed by atoms with Crippen molar-refractivity contribution >= 4 is 21.9 Å². The minimum atomic E-state index is -4.64. The zero-order valence-corrected chi connectivity index (χ0v) is 11.7. The third-order valence-electron chi connectivity index (χ3n) is 2.05.